The fraction of sp³-hybridized carbons (Fsp3) is 0.407. The van der Waals surface area contributed by atoms with Gasteiger partial charge in [-0.25, -0.2) is 8.42 Å². The Morgan fingerprint density at radius 1 is 1.18 bits per heavy atom. The molecule has 2 aromatic rings. The first-order chi connectivity index (χ1) is 16.2. The molecule has 7 heteroatoms. The third-order valence-electron chi connectivity index (χ3n) is 6.32. The number of ether oxygens (including phenoxy) is 1. The molecule has 0 spiro atoms. The van der Waals surface area contributed by atoms with Gasteiger partial charge >= 0.3 is 0 Å². The van der Waals surface area contributed by atoms with E-state index in [1.54, 1.807) is 12.1 Å². The van der Waals surface area contributed by atoms with Gasteiger partial charge in [-0.15, -0.1) is 0 Å². The predicted octanol–water partition coefficient (Wildman–Crippen LogP) is 4.11. The number of aromatic hydroxyl groups is 1. The molecule has 0 aliphatic carbocycles. The van der Waals surface area contributed by atoms with E-state index >= 15 is 0 Å². The zero-order chi connectivity index (χ0) is 24.9. The maximum Gasteiger partial charge on any atom is 0.163 e. The number of hydrogen-bond donors (Lipinski definition) is 3. The minimum Gasteiger partial charge on any atom is -0.507 e. The number of sulfone groups is 1. The Morgan fingerprint density at radius 3 is 2.41 bits per heavy atom. The van der Waals surface area contributed by atoms with Crippen molar-refractivity contribution >= 4 is 15.9 Å². The molecule has 1 aliphatic rings. The van der Waals surface area contributed by atoms with Crippen LogP contribution in [0.3, 0.4) is 0 Å². The second-order valence-corrected chi connectivity index (χ2v) is 11.0. The van der Waals surface area contributed by atoms with Gasteiger partial charge < -0.3 is 20.1 Å². The molecule has 1 heterocycles. The maximum atomic E-state index is 12.7. The summed E-state index contributed by atoms with van der Waals surface area (Å²) in [6.45, 7) is 5.24. The highest BCUT2D eigenvalue weighted by molar-refractivity contribution is 7.92. The van der Waals surface area contributed by atoms with Crippen LogP contribution < -0.4 is 4.74 Å². The Hall–Kier alpha value is -2.61. The van der Waals surface area contributed by atoms with Crippen molar-refractivity contribution < 1.29 is 28.5 Å². The molecule has 2 atom stereocenters. The van der Waals surface area contributed by atoms with Crippen LogP contribution >= 0.6 is 0 Å². The van der Waals surface area contributed by atoms with Gasteiger partial charge in [-0.05, 0) is 85.2 Å². The smallest absolute Gasteiger partial charge is 0.163 e. The van der Waals surface area contributed by atoms with Gasteiger partial charge in [-0.2, -0.15) is 0 Å². The first-order valence-electron chi connectivity index (χ1n) is 11.6. The summed E-state index contributed by atoms with van der Waals surface area (Å²) in [5.74, 6) is 0.685. The van der Waals surface area contributed by atoms with Gasteiger partial charge in [0.25, 0.3) is 0 Å². The van der Waals surface area contributed by atoms with Crippen LogP contribution in [0.15, 0.2) is 59.2 Å². The summed E-state index contributed by atoms with van der Waals surface area (Å²) in [4.78, 5) is 0. The van der Waals surface area contributed by atoms with Gasteiger partial charge in [0.05, 0.1) is 18.5 Å². The van der Waals surface area contributed by atoms with E-state index in [1.165, 1.54) is 0 Å². The topological polar surface area (TPSA) is 104 Å². The number of rotatable bonds is 10. The third kappa shape index (κ3) is 6.09. The Bertz CT molecular complexity index is 1140. The van der Waals surface area contributed by atoms with E-state index in [0.29, 0.717) is 35.5 Å². The van der Waals surface area contributed by atoms with Gasteiger partial charge in [0.1, 0.15) is 23.4 Å². The van der Waals surface area contributed by atoms with E-state index in [-0.39, 0.29) is 12.4 Å². The number of benzene rings is 2. The van der Waals surface area contributed by atoms with Crippen LogP contribution in [0.1, 0.15) is 42.9 Å². The molecular formula is C27H34O6S. The molecule has 1 aliphatic heterocycles. The molecule has 3 N–H and O–H groups in total. The molecule has 0 amide bonds. The molecule has 2 aromatic carbocycles. The Morgan fingerprint density at radius 2 is 1.82 bits per heavy atom. The average molecular weight is 487 g/mol. The predicted molar refractivity (Wildman–Crippen MR) is 135 cm³/mol. The van der Waals surface area contributed by atoms with E-state index < -0.39 is 27.8 Å². The Balaban J connectivity index is 1.79. The minimum atomic E-state index is -3.59. The lowest BCUT2D eigenvalue weighted by Crippen LogP contribution is -2.29. The molecule has 6 nitrogen and oxygen atoms in total. The quantitative estimate of drug-likeness (QED) is 0.437. The van der Waals surface area contributed by atoms with Gasteiger partial charge in [-0.3, -0.25) is 0 Å². The Labute approximate surface area is 202 Å². The lowest BCUT2D eigenvalue weighted by atomic mass is 9.94. The van der Waals surface area contributed by atoms with Crippen molar-refractivity contribution in [2.75, 3.05) is 19.0 Å². The number of phenols is 1. The van der Waals surface area contributed by atoms with E-state index in [9.17, 15) is 23.7 Å². The van der Waals surface area contributed by atoms with Crippen molar-refractivity contribution in [3.63, 3.8) is 0 Å². The van der Waals surface area contributed by atoms with E-state index in [1.807, 2.05) is 51.1 Å². The molecule has 0 unspecified atom stereocenters. The second-order valence-electron chi connectivity index (χ2n) is 8.85. The van der Waals surface area contributed by atoms with Crippen molar-refractivity contribution in [1.82, 2.24) is 0 Å². The molecule has 34 heavy (non-hydrogen) atoms. The molecule has 0 radical (unpaired) electrons. The van der Waals surface area contributed by atoms with Crippen LogP contribution in [-0.2, 0) is 9.84 Å². The van der Waals surface area contributed by atoms with Gasteiger partial charge in [0.15, 0.2) is 9.84 Å². The van der Waals surface area contributed by atoms with Gasteiger partial charge in [0, 0.05) is 0 Å². The van der Waals surface area contributed by atoms with E-state index in [2.05, 4.69) is 6.08 Å². The highest BCUT2D eigenvalue weighted by Crippen LogP contribution is 2.33. The highest BCUT2D eigenvalue weighted by Gasteiger charge is 2.41. The zero-order valence-electron chi connectivity index (χ0n) is 20.0. The van der Waals surface area contributed by atoms with E-state index in [4.69, 9.17) is 4.74 Å². The number of aliphatic hydroxyl groups excluding tert-OH is 2. The average Bonchev–Trinajstić information content (AvgIpc) is 3.08. The number of aliphatic hydroxyl groups is 2. The van der Waals surface area contributed by atoms with Crippen molar-refractivity contribution in [1.29, 1.82) is 0 Å². The number of para-hydroxylation sites is 1. The van der Waals surface area contributed by atoms with Crippen LogP contribution in [0, 0.1) is 13.8 Å². The number of aryl methyl sites for hydroxylation is 2. The van der Waals surface area contributed by atoms with Crippen molar-refractivity contribution in [3.05, 3.63) is 75.9 Å². The van der Waals surface area contributed by atoms with Crippen LogP contribution in [0.4, 0.5) is 0 Å². The fourth-order valence-corrected chi connectivity index (χ4v) is 6.33. The fourth-order valence-electron chi connectivity index (χ4n) is 4.46. The number of hydrogen-bond acceptors (Lipinski definition) is 6. The van der Waals surface area contributed by atoms with Crippen molar-refractivity contribution in [2.45, 2.75) is 51.4 Å². The summed E-state index contributed by atoms with van der Waals surface area (Å²) >= 11 is 0. The van der Waals surface area contributed by atoms with Crippen LogP contribution in [0.5, 0.6) is 11.5 Å². The molecule has 3 rings (SSSR count). The normalized spacial score (nSPS) is 18.9. The summed E-state index contributed by atoms with van der Waals surface area (Å²) in [5.41, 5.74) is 4.57. The van der Waals surface area contributed by atoms with Crippen LogP contribution in [-0.4, -0.2) is 54.1 Å². The van der Waals surface area contributed by atoms with Gasteiger partial charge in [0.2, 0.25) is 0 Å². The SMILES string of the molecule is CC/C(=C\c1cc(C)c(O)c(C)c1)CC[C@@H](O)C1=C(COc2ccccc2)CS(=O)(=O)[C@H]1CO. The number of allylic oxidation sites excluding steroid dienone is 1. The Kier molecular flexibility index (Phi) is 8.57. The first kappa shape index (κ1) is 26.0. The molecule has 0 bridgehead atoms. The summed E-state index contributed by atoms with van der Waals surface area (Å²) in [6, 6.07) is 12.9. The summed E-state index contributed by atoms with van der Waals surface area (Å²) in [7, 11) is -3.59. The van der Waals surface area contributed by atoms with Crippen molar-refractivity contribution in [2.24, 2.45) is 0 Å². The lowest BCUT2D eigenvalue weighted by molar-refractivity contribution is 0.187. The maximum absolute atomic E-state index is 12.7. The van der Waals surface area contributed by atoms with Crippen molar-refractivity contribution in [3.8, 4) is 11.5 Å². The minimum absolute atomic E-state index is 0.0503. The van der Waals surface area contributed by atoms with Gasteiger partial charge in [-0.1, -0.05) is 36.8 Å². The molecular weight excluding hydrogens is 452 g/mol. The number of phenolic OH excluding ortho intramolecular Hbond substituents is 1. The summed E-state index contributed by atoms with van der Waals surface area (Å²) in [5, 5.41) is 29.8. The first-order valence-corrected chi connectivity index (χ1v) is 13.3. The highest BCUT2D eigenvalue weighted by atomic mass is 32.2. The zero-order valence-corrected chi connectivity index (χ0v) is 20.8. The molecule has 0 saturated carbocycles. The molecule has 0 aromatic heterocycles. The largest absolute Gasteiger partial charge is 0.507 e. The third-order valence-corrected chi connectivity index (χ3v) is 8.34. The molecule has 0 saturated heterocycles. The monoisotopic (exact) mass is 486 g/mol. The van der Waals surface area contributed by atoms with E-state index in [0.717, 1.165) is 28.7 Å². The van der Waals surface area contributed by atoms with Crippen LogP contribution in [0.2, 0.25) is 0 Å². The van der Waals surface area contributed by atoms with Crippen LogP contribution in [0.25, 0.3) is 6.08 Å². The summed E-state index contributed by atoms with van der Waals surface area (Å²) in [6.07, 6.45) is 2.74. The summed E-state index contributed by atoms with van der Waals surface area (Å²) < 4.78 is 31.1. The molecule has 0 fully saturated rings. The molecule has 184 valence electrons. The lowest BCUT2D eigenvalue weighted by Gasteiger charge is -2.20. The standard InChI is InChI=1S/C27H34O6S/c1-4-20(14-21-12-18(2)27(30)19(3)13-21)10-11-24(29)26-22(17-34(31,32)25(26)15-28)16-33-23-8-6-5-7-9-23/h5-9,12-14,24-25,28-30H,4,10-11,15-17H2,1-3H3/b20-14+/t24-,25+/m1/s1. The second kappa shape index (κ2) is 11.2.